The second-order valence-electron chi connectivity index (χ2n) is 4.03. The molecule has 0 fully saturated rings. The Bertz CT molecular complexity index is 490. The summed E-state index contributed by atoms with van der Waals surface area (Å²) in [5.74, 6) is -0.263. The van der Waals surface area contributed by atoms with Gasteiger partial charge in [-0.25, -0.2) is 4.98 Å². The van der Waals surface area contributed by atoms with Gasteiger partial charge in [-0.1, -0.05) is 12.1 Å². The quantitative estimate of drug-likeness (QED) is 0.875. The zero-order chi connectivity index (χ0) is 12.3. The highest BCUT2D eigenvalue weighted by molar-refractivity contribution is 7.18. The summed E-state index contributed by atoms with van der Waals surface area (Å²) in [7, 11) is 1.97. The number of nitrogens with zero attached hydrogens (tertiary/aromatic N) is 2. The molecule has 5 heteroatoms. The number of carbonyl (C=O) groups is 1. The van der Waals surface area contributed by atoms with Gasteiger partial charge in [0.05, 0.1) is 16.8 Å². The largest absolute Gasteiger partial charge is 0.370 e. The second-order valence-corrected chi connectivity index (χ2v) is 5.14. The smallest absolute Gasteiger partial charge is 0.218 e. The van der Waals surface area contributed by atoms with Crippen LogP contribution in [0.4, 0.5) is 0 Å². The van der Waals surface area contributed by atoms with Crippen molar-refractivity contribution in [2.75, 3.05) is 13.6 Å². The van der Waals surface area contributed by atoms with Crippen LogP contribution in [0.5, 0.6) is 0 Å². The summed E-state index contributed by atoms with van der Waals surface area (Å²) in [6, 6.07) is 8.09. The number of hydrogen-bond donors (Lipinski definition) is 1. The third-order valence-electron chi connectivity index (χ3n) is 2.48. The standard InChI is InChI=1S/C12H15N3OS/c1-15(7-6-11(13)16)8-12-14-9-4-2-3-5-10(9)17-12/h2-5H,6-8H2,1H3,(H2,13,16). The fourth-order valence-corrected chi connectivity index (χ4v) is 2.65. The number of amides is 1. The van der Waals surface area contributed by atoms with Crippen molar-refractivity contribution in [2.45, 2.75) is 13.0 Å². The molecule has 0 aliphatic heterocycles. The van der Waals surface area contributed by atoms with E-state index in [0.29, 0.717) is 13.0 Å². The Morgan fingerprint density at radius 3 is 2.94 bits per heavy atom. The number of aromatic nitrogens is 1. The molecule has 2 aromatic rings. The molecule has 4 nitrogen and oxygen atoms in total. The third-order valence-corrected chi connectivity index (χ3v) is 3.50. The number of primary amides is 1. The van der Waals surface area contributed by atoms with Gasteiger partial charge < -0.3 is 5.73 Å². The molecule has 0 radical (unpaired) electrons. The number of rotatable bonds is 5. The van der Waals surface area contributed by atoms with Gasteiger partial charge in [0.15, 0.2) is 0 Å². The van der Waals surface area contributed by atoms with E-state index in [1.54, 1.807) is 11.3 Å². The number of nitrogens with two attached hydrogens (primary N) is 1. The Labute approximate surface area is 104 Å². The molecule has 90 valence electrons. The molecule has 0 saturated heterocycles. The lowest BCUT2D eigenvalue weighted by Gasteiger charge is -2.13. The maximum absolute atomic E-state index is 10.7. The van der Waals surface area contributed by atoms with Gasteiger partial charge in [0.2, 0.25) is 5.91 Å². The Morgan fingerprint density at radius 2 is 2.24 bits per heavy atom. The molecule has 0 aliphatic rings. The Hall–Kier alpha value is -1.46. The minimum atomic E-state index is -0.263. The summed E-state index contributed by atoms with van der Waals surface area (Å²) in [5.41, 5.74) is 6.15. The van der Waals surface area contributed by atoms with Crippen LogP contribution in [0.2, 0.25) is 0 Å². The van der Waals surface area contributed by atoms with Gasteiger partial charge in [0.1, 0.15) is 5.01 Å². The van der Waals surface area contributed by atoms with Crippen molar-refractivity contribution in [3.8, 4) is 0 Å². The van der Waals surface area contributed by atoms with Crippen LogP contribution in [0, 0.1) is 0 Å². The van der Waals surface area contributed by atoms with Gasteiger partial charge in [-0.3, -0.25) is 9.69 Å². The lowest BCUT2D eigenvalue weighted by Crippen LogP contribution is -2.24. The molecule has 0 unspecified atom stereocenters. The molecular formula is C12H15N3OS. The minimum Gasteiger partial charge on any atom is -0.370 e. The Morgan fingerprint density at radius 1 is 1.47 bits per heavy atom. The van der Waals surface area contributed by atoms with Crippen molar-refractivity contribution in [1.29, 1.82) is 0 Å². The first-order valence-electron chi connectivity index (χ1n) is 5.46. The molecule has 0 bridgehead atoms. The molecule has 1 amide bonds. The van der Waals surface area contributed by atoms with E-state index < -0.39 is 0 Å². The van der Waals surface area contributed by atoms with E-state index in [0.717, 1.165) is 17.1 Å². The molecule has 2 N–H and O–H groups in total. The summed E-state index contributed by atoms with van der Waals surface area (Å²) < 4.78 is 1.20. The number of thiazole rings is 1. The van der Waals surface area contributed by atoms with E-state index >= 15 is 0 Å². The van der Waals surface area contributed by atoms with Gasteiger partial charge in [-0.05, 0) is 19.2 Å². The molecule has 0 aliphatic carbocycles. The first-order chi connectivity index (χ1) is 8.15. The zero-order valence-corrected chi connectivity index (χ0v) is 10.5. The van der Waals surface area contributed by atoms with E-state index in [2.05, 4.69) is 16.0 Å². The Kier molecular flexibility index (Phi) is 3.71. The fraction of sp³-hybridized carbons (Fsp3) is 0.333. The van der Waals surface area contributed by atoms with Crippen molar-refractivity contribution in [2.24, 2.45) is 5.73 Å². The van der Waals surface area contributed by atoms with Crippen molar-refractivity contribution >= 4 is 27.5 Å². The van der Waals surface area contributed by atoms with Gasteiger partial charge in [-0.2, -0.15) is 0 Å². The monoisotopic (exact) mass is 249 g/mol. The highest BCUT2D eigenvalue weighted by Crippen LogP contribution is 2.22. The van der Waals surface area contributed by atoms with E-state index in [1.807, 2.05) is 25.2 Å². The Balaban J connectivity index is 2.00. The van der Waals surface area contributed by atoms with Crippen LogP contribution >= 0.6 is 11.3 Å². The van der Waals surface area contributed by atoms with Crippen LogP contribution in [0.1, 0.15) is 11.4 Å². The van der Waals surface area contributed by atoms with Gasteiger partial charge >= 0.3 is 0 Å². The molecule has 0 spiro atoms. The predicted molar refractivity (Wildman–Crippen MR) is 69.8 cm³/mol. The number of fused-ring (bicyclic) bond motifs is 1. The number of benzene rings is 1. The maximum atomic E-state index is 10.7. The lowest BCUT2D eigenvalue weighted by atomic mass is 10.3. The molecule has 1 aromatic heterocycles. The number of hydrogen-bond acceptors (Lipinski definition) is 4. The number of para-hydroxylation sites is 1. The topological polar surface area (TPSA) is 59.2 Å². The molecule has 2 rings (SSSR count). The normalized spacial score (nSPS) is 11.2. The van der Waals surface area contributed by atoms with E-state index in [9.17, 15) is 4.79 Å². The van der Waals surface area contributed by atoms with Gasteiger partial charge in [0, 0.05) is 13.0 Å². The molecule has 0 saturated carbocycles. The summed E-state index contributed by atoms with van der Waals surface area (Å²) in [6.45, 7) is 1.43. The maximum Gasteiger partial charge on any atom is 0.218 e. The molecule has 17 heavy (non-hydrogen) atoms. The summed E-state index contributed by atoms with van der Waals surface area (Å²) in [5, 5.41) is 1.07. The predicted octanol–water partition coefficient (Wildman–Crippen LogP) is 1.60. The fourth-order valence-electron chi connectivity index (χ4n) is 1.60. The van der Waals surface area contributed by atoms with Gasteiger partial charge in [0.25, 0.3) is 0 Å². The number of carbonyl (C=O) groups excluding carboxylic acids is 1. The van der Waals surface area contributed by atoms with E-state index in [4.69, 9.17) is 5.73 Å². The van der Waals surface area contributed by atoms with Crippen molar-refractivity contribution in [3.05, 3.63) is 29.3 Å². The SMILES string of the molecule is CN(CCC(N)=O)Cc1nc2ccccc2s1. The summed E-state index contributed by atoms with van der Waals surface area (Å²) in [6.07, 6.45) is 0.390. The summed E-state index contributed by atoms with van der Waals surface area (Å²) >= 11 is 1.69. The molecule has 1 heterocycles. The van der Waals surface area contributed by atoms with E-state index in [-0.39, 0.29) is 5.91 Å². The lowest BCUT2D eigenvalue weighted by molar-refractivity contribution is -0.118. The molecular weight excluding hydrogens is 234 g/mol. The second kappa shape index (κ2) is 5.25. The highest BCUT2D eigenvalue weighted by Gasteiger charge is 2.07. The minimum absolute atomic E-state index is 0.263. The zero-order valence-electron chi connectivity index (χ0n) is 9.72. The average molecular weight is 249 g/mol. The van der Waals surface area contributed by atoms with Crippen molar-refractivity contribution < 1.29 is 4.79 Å². The van der Waals surface area contributed by atoms with Crippen molar-refractivity contribution in [3.63, 3.8) is 0 Å². The summed E-state index contributed by atoms with van der Waals surface area (Å²) in [4.78, 5) is 17.3. The third kappa shape index (κ3) is 3.25. The van der Waals surface area contributed by atoms with Gasteiger partial charge in [-0.15, -0.1) is 11.3 Å². The van der Waals surface area contributed by atoms with Crippen molar-refractivity contribution in [1.82, 2.24) is 9.88 Å². The first kappa shape index (κ1) is 12.0. The van der Waals surface area contributed by atoms with Crippen LogP contribution in [-0.4, -0.2) is 29.4 Å². The van der Waals surface area contributed by atoms with Crippen LogP contribution in [0.15, 0.2) is 24.3 Å². The van der Waals surface area contributed by atoms with Crippen LogP contribution in [-0.2, 0) is 11.3 Å². The first-order valence-corrected chi connectivity index (χ1v) is 6.28. The van der Waals surface area contributed by atoms with E-state index in [1.165, 1.54) is 4.70 Å². The van der Waals surface area contributed by atoms with Crippen LogP contribution in [0.3, 0.4) is 0 Å². The average Bonchev–Trinajstić information content (AvgIpc) is 2.68. The highest BCUT2D eigenvalue weighted by atomic mass is 32.1. The van der Waals surface area contributed by atoms with Crippen LogP contribution in [0.25, 0.3) is 10.2 Å². The molecule has 1 aromatic carbocycles. The van der Waals surface area contributed by atoms with Crippen LogP contribution < -0.4 is 5.73 Å². The molecule has 0 atom stereocenters.